The second-order valence-corrected chi connectivity index (χ2v) is 7.76. The molecule has 8 nitrogen and oxygen atoms in total. The van der Waals surface area contributed by atoms with Crippen molar-refractivity contribution in [2.45, 2.75) is 25.0 Å². The molecule has 0 aromatic heterocycles. The van der Waals surface area contributed by atoms with E-state index in [-0.39, 0.29) is 23.6 Å². The molecule has 4 rings (SSSR count). The van der Waals surface area contributed by atoms with Crippen LogP contribution in [0.3, 0.4) is 0 Å². The van der Waals surface area contributed by atoms with E-state index < -0.39 is 41.2 Å². The van der Waals surface area contributed by atoms with Crippen molar-refractivity contribution in [2.75, 3.05) is 0 Å². The number of quaternary nitrogens is 1. The highest BCUT2D eigenvalue weighted by atomic mass is 16.4. The highest BCUT2D eigenvalue weighted by Crippen LogP contribution is 2.46. The fourth-order valence-corrected chi connectivity index (χ4v) is 4.54. The van der Waals surface area contributed by atoms with Crippen LogP contribution < -0.4 is 10.4 Å². The van der Waals surface area contributed by atoms with Gasteiger partial charge in [-0.3, -0.25) is 14.5 Å². The van der Waals surface area contributed by atoms with E-state index in [9.17, 15) is 29.7 Å². The van der Waals surface area contributed by atoms with Gasteiger partial charge in [-0.05, 0) is 24.6 Å². The van der Waals surface area contributed by atoms with Gasteiger partial charge in [0.1, 0.15) is 40.9 Å². The second-order valence-electron chi connectivity index (χ2n) is 7.76. The molecule has 2 saturated heterocycles. The van der Waals surface area contributed by atoms with Gasteiger partial charge < -0.3 is 25.4 Å². The van der Waals surface area contributed by atoms with Crippen LogP contribution in [0.25, 0.3) is 0 Å². The summed E-state index contributed by atoms with van der Waals surface area (Å²) in [5, 5.41) is 33.2. The predicted octanol–water partition coefficient (Wildman–Crippen LogP) is -0.974. The van der Waals surface area contributed by atoms with Crippen LogP contribution >= 0.6 is 0 Å². The van der Waals surface area contributed by atoms with Crippen LogP contribution in [0.15, 0.2) is 48.5 Å². The average molecular weight is 396 g/mol. The molecule has 8 heteroatoms. The van der Waals surface area contributed by atoms with Crippen molar-refractivity contribution >= 4 is 17.8 Å². The third-order valence-electron chi connectivity index (χ3n) is 6.00. The van der Waals surface area contributed by atoms with Crippen molar-refractivity contribution in [1.82, 2.24) is 4.90 Å². The third-order valence-corrected chi connectivity index (χ3v) is 6.00. The molecule has 0 spiro atoms. The number of nitrogens with zero attached hydrogens (tertiary/aromatic N) is 1. The number of hydrogen-bond acceptors (Lipinski definition) is 6. The van der Waals surface area contributed by atoms with E-state index in [1.807, 2.05) is 6.07 Å². The lowest BCUT2D eigenvalue weighted by molar-refractivity contribution is -0.735. The van der Waals surface area contributed by atoms with Crippen molar-refractivity contribution in [3.05, 3.63) is 59.7 Å². The molecule has 150 valence electrons. The van der Waals surface area contributed by atoms with Gasteiger partial charge in [-0.25, -0.2) is 0 Å². The first-order valence-electron chi connectivity index (χ1n) is 9.22. The topological polar surface area (TPSA) is 135 Å². The number of aromatic hydroxyl groups is 2. The first-order valence-corrected chi connectivity index (χ1v) is 9.22. The Hall–Kier alpha value is -3.39. The summed E-state index contributed by atoms with van der Waals surface area (Å²) < 4.78 is 0. The zero-order chi connectivity index (χ0) is 20.9. The van der Waals surface area contributed by atoms with Crippen LogP contribution in [0.5, 0.6) is 11.5 Å². The largest absolute Gasteiger partial charge is 0.544 e. The molecule has 0 bridgehead atoms. The summed E-state index contributed by atoms with van der Waals surface area (Å²) >= 11 is 0. The minimum absolute atomic E-state index is 0.0446. The molecule has 2 aliphatic heterocycles. The number of nitrogens with two attached hydrogens (primary N) is 1. The molecule has 2 aliphatic rings. The minimum Gasteiger partial charge on any atom is -0.544 e. The van der Waals surface area contributed by atoms with E-state index in [1.165, 1.54) is 24.4 Å². The fourth-order valence-electron chi connectivity index (χ4n) is 4.54. The number of likely N-dealkylation sites (tertiary alicyclic amines) is 1. The van der Waals surface area contributed by atoms with Crippen molar-refractivity contribution in [3.8, 4) is 11.5 Å². The van der Waals surface area contributed by atoms with Crippen molar-refractivity contribution in [2.24, 2.45) is 11.8 Å². The maximum absolute atomic E-state index is 13.2. The molecule has 2 fully saturated rings. The van der Waals surface area contributed by atoms with Gasteiger partial charge in [-0.1, -0.05) is 30.3 Å². The van der Waals surface area contributed by atoms with Crippen LogP contribution in [-0.2, 0) is 20.9 Å². The minimum atomic E-state index is -1.67. The number of aliphatic carboxylic acids is 1. The van der Waals surface area contributed by atoms with E-state index >= 15 is 0 Å². The number of hydrogen-bond donors (Lipinski definition) is 3. The molecule has 0 aliphatic carbocycles. The molecule has 0 radical (unpaired) electrons. The molecule has 4 atom stereocenters. The predicted molar refractivity (Wildman–Crippen MR) is 96.8 cm³/mol. The molecule has 2 heterocycles. The SMILES string of the molecule is C[C@@]1(C(=O)[O-])[NH2+][C@@H](c2ccc(O)cc2O)[C@H]2C(=O)N(Cc3ccccc3)C(=O)[C@H]21. The number of phenols is 2. The summed E-state index contributed by atoms with van der Waals surface area (Å²) in [5.74, 6) is -5.02. The molecular formula is C21H20N2O6. The van der Waals surface area contributed by atoms with Crippen LogP contribution in [-0.4, -0.2) is 38.4 Å². The number of carboxylic acid groups (broad SMARTS) is 1. The van der Waals surface area contributed by atoms with Gasteiger partial charge in [-0.15, -0.1) is 0 Å². The average Bonchev–Trinajstić information content (AvgIpc) is 3.12. The Bertz CT molecular complexity index is 1010. The highest BCUT2D eigenvalue weighted by Gasteiger charge is 2.68. The number of rotatable bonds is 4. The van der Waals surface area contributed by atoms with Crippen LogP contribution in [0.4, 0.5) is 0 Å². The van der Waals surface area contributed by atoms with E-state index in [0.717, 1.165) is 16.5 Å². The Morgan fingerprint density at radius 2 is 1.83 bits per heavy atom. The number of amides is 2. The van der Waals surface area contributed by atoms with Crippen LogP contribution in [0.2, 0.25) is 0 Å². The van der Waals surface area contributed by atoms with Crippen molar-refractivity contribution in [3.63, 3.8) is 0 Å². The molecule has 0 unspecified atom stereocenters. The zero-order valence-electron chi connectivity index (χ0n) is 15.6. The van der Waals surface area contributed by atoms with Crippen LogP contribution in [0.1, 0.15) is 24.1 Å². The molecule has 29 heavy (non-hydrogen) atoms. The lowest BCUT2D eigenvalue weighted by Gasteiger charge is -2.29. The summed E-state index contributed by atoms with van der Waals surface area (Å²) in [6.07, 6.45) is 0. The Balaban J connectivity index is 1.77. The first kappa shape index (κ1) is 18.9. The summed E-state index contributed by atoms with van der Waals surface area (Å²) in [4.78, 5) is 39.4. The fraction of sp³-hybridized carbons (Fsp3) is 0.286. The summed E-state index contributed by atoms with van der Waals surface area (Å²) in [5.41, 5.74) is -0.638. The second kappa shape index (κ2) is 6.59. The Morgan fingerprint density at radius 1 is 1.14 bits per heavy atom. The van der Waals surface area contributed by atoms with Gasteiger partial charge in [0.2, 0.25) is 11.8 Å². The molecule has 2 aromatic carbocycles. The first-order chi connectivity index (χ1) is 13.7. The number of fused-ring (bicyclic) bond motifs is 1. The smallest absolute Gasteiger partial charge is 0.240 e. The van der Waals surface area contributed by atoms with E-state index in [1.54, 1.807) is 24.3 Å². The summed E-state index contributed by atoms with van der Waals surface area (Å²) in [7, 11) is 0. The van der Waals surface area contributed by atoms with Gasteiger partial charge >= 0.3 is 0 Å². The molecular weight excluding hydrogens is 376 g/mol. The standard InChI is InChI=1S/C21H20N2O6/c1-21(20(28)29)16-15(17(22-21)13-8-7-12(24)9-14(13)25)18(26)23(19(16)27)10-11-5-3-2-4-6-11/h2-9,15-17,22,24-25H,10H2,1H3,(H,28,29)/t15-,16-,17-,21+/m0/s1. The van der Waals surface area contributed by atoms with Gasteiger partial charge in [-0.2, -0.15) is 0 Å². The number of carbonyl (C=O) groups is 3. The van der Waals surface area contributed by atoms with Gasteiger partial charge in [0, 0.05) is 6.07 Å². The van der Waals surface area contributed by atoms with Crippen molar-refractivity contribution < 1.29 is 35.0 Å². The summed E-state index contributed by atoms with van der Waals surface area (Å²) in [6.45, 7) is 1.41. The van der Waals surface area contributed by atoms with E-state index in [2.05, 4.69) is 0 Å². The van der Waals surface area contributed by atoms with E-state index in [0.29, 0.717) is 0 Å². The molecule has 2 aromatic rings. The van der Waals surface area contributed by atoms with Gasteiger partial charge in [0.05, 0.1) is 12.1 Å². The number of phenolic OH excluding ortho intramolecular Hbond substituents is 2. The maximum Gasteiger partial charge on any atom is 0.240 e. The molecule has 4 N–H and O–H groups in total. The zero-order valence-corrected chi connectivity index (χ0v) is 15.6. The third kappa shape index (κ3) is 2.84. The van der Waals surface area contributed by atoms with Crippen LogP contribution in [0, 0.1) is 11.8 Å². The molecule has 0 saturated carbocycles. The maximum atomic E-state index is 13.2. The lowest BCUT2D eigenvalue weighted by atomic mass is 9.80. The Morgan fingerprint density at radius 3 is 2.45 bits per heavy atom. The Kier molecular flexibility index (Phi) is 4.31. The normalized spacial score (nSPS) is 28.6. The number of carboxylic acids is 1. The van der Waals surface area contributed by atoms with Gasteiger partial charge in [0.15, 0.2) is 0 Å². The Labute approximate surface area is 166 Å². The number of benzene rings is 2. The van der Waals surface area contributed by atoms with Gasteiger partial charge in [0.25, 0.3) is 0 Å². The quantitative estimate of drug-likeness (QED) is 0.569. The van der Waals surface area contributed by atoms with E-state index in [4.69, 9.17) is 0 Å². The lowest BCUT2D eigenvalue weighted by Crippen LogP contribution is -2.98. The molecule has 2 amide bonds. The number of imide groups is 1. The highest BCUT2D eigenvalue weighted by molar-refractivity contribution is 6.08. The number of carbonyl (C=O) groups excluding carboxylic acids is 3. The summed E-state index contributed by atoms with van der Waals surface area (Å²) in [6, 6.07) is 12.0. The monoisotopic (exact) mass is 396 g/mol. The van der Waals surface area contributed by atoms with Crippen molar-refractivity contribution in [1.29, 1.82) is 0 Å².